The van der Waals surface area contributed by atoms with Crippen LogP contribution in [0.2, 0.25) is 5.02 Å². The van der Waals surface area contributed by atoms with E-state index < -0.39 is 0 Å². The van der Waals surface area contributed by atoms with Crippen LogP contribution in [-0.4, -0.2) is 45.3 Å². The molecule has 0 aliphatic carbocycles. The first-order valence-corrected chi connectivity index (χ1v) is 10.5. The molecule has 2 aromatic carbocycles. The van der Waals surface area contributed by atoms with E-state index in [0.29, 0.717) is 0 Å². The number of hydrogen-bond acceptors (Lipinski definition) is 4. The molecule has 1 heterocycles. The summed E-state index contributed by atoms with van der Waals surface area (Å²) in [6, 6.07) is 14.2. The first-order valence-electron chi connectivity index (χ1n) is 10.1. The minimum atomic E-state index is 0.783. The van der Waals surface area contributed by atoms with Gasteiger partial charge < -0.3 is 19.7 Å². The third-order valence-electron chi connectivity index (χ3n) is 5.60. The fourth-order valence-electron chi connectivity index (χ4n) is 3.81. The number of halogens is 1. The van der Waals surface area contributed by atoms with Crippen LogP contribution >= 0.6 is 11.6 Å². The fraction of sp³-hybridized carbons (Fsp3) is 0.478. The van der Waals surface area contributed by atoms with E-state index in [9.17, 15) is 0 Å². The molecule has 28 heavy (non-hydrogen) atoms. The van der Waals surface area contributed by atoms with Crippen molar-refractivity contribution in [2.75, 3.05) is 45.7 Å². The molecule has 4 nitrogen and oxygen atoms in total. The van der Waals surface area contributed by atoms with Gasteiger partial charge in [-0.2, -0.15) is 0 Å². The lowest BCUT2D eigenvalue weighted by molar-refractivity contribution is 0.183. The molecule has 0 aromatic heterocycles. The van der Waals surface area contributed by atoms with Gasteiger partial charge in [-0.15, -0.1) is 0 Å². The Morgan fingerprint density at radius 2 is 1.71 bits per heavy atom. The van der Waals surface area contributed by atoms with Gasteiger partial charge in [0.15, 0.2) is 11.5 Å². The Balaban J connectivity index is 1.35. The topological polar surface area (TPSA) is 33.7 Å². The Labute approximate surface area is 173 Å². The number of methoxy groups -OCH3 is 2. The van der Waals surface area contributed by atoms with Crippen molar-refractivity contribution in [3.8, 4) is 11.5 Å². The van der Waals surface area contributed by atoms with E-state index in [-0.39, 0.29) is 0 Å². The molecule has 0 amide bonds. The van der Waals surface area contributed by atoms with Gasteiger partial charge in [-0.1, -0.05) is 17.7 Å². The Morgan fingerprint density at radius 1 is 1.00 bits per heavy atom. The SMILES string of the molecule is COc1ccc(CCN2CCC(CCNc3ccc(Cl)cc3)CC2)cc1OC. The highest BCUT2D eigenvalue weighted by Crippen LogP contribution is 2.28. The van der Waals surface area contributed by atoms with Gasteiger partial charge in [0.2, 0.25) is 0 Å². The number of piperidine rings is 1. The van der Waals surface area contributed by atoms with E-state index in [0.717, 1.165) is 47.6 Å². The number of ether oxygens (including phenoxy) is 2. The Bertz CT molecular complexity index is 728. The number of rotatable bonds is 9. The van der Waals surface area contributed by atoms with Crippen molar-refractivity contribution in [1.29, 1.82) is 0 Å². The van der Waals surface area contributed by atoms with Crippen LogP contribution in [0.1, 0.15) is 24.8 Å². The van der Waals surface area contributed by atoms with Crippen LogP contribution in [0.3, 0.4) is 0 Å². The van der Waals surface area contributed by atoms with Crippen molar-refractivity contribution in [3.05, 3.63) is 53.1 Å². The number of nitrogens with zero attached hydrogens (tertiary/aromatic N) is 1. The van der Waals surface area contributed by atoms with E-state index in [1.54, 1.807) is 14.2 Å². The summed E-state index contributed by atoms with van der Waals surface area (Å²) in [6.07, 6.45) is 4.84. The van der Waals surface area contributed by atoms with Crippen molar-refractivity contribution in [1.82, 2.24) is 4.90 Å². The Morgan fingerprint density at radius 3 is 2.39 bits per heavy atom. The van der Waals surface area contributed by atoms with Gasteiger partial charge in [-0.05, 0) is 86.7 Å². The third-order valence-corrected chi connectivity index (χ3v) is 5.85. The maximum Gasteiger partial charge on any atom is 0.160 e. The molecule has 0 bridgehead atoms. The molecule has 1 fully saturated rings. The average molecular weight is 403 g/mol. The molecule has 1 aliphatic rings. The predicted molar refractivity (Wildman–Crippen MR) is 117 cm³/mol. The van der Waals surface area contributed by atoms with E-state index in [4.69, 9.17) is 21.1 Å². The minimum Gasteiger partial charge on any atom is -0.493 e. The number of likely N-dealkylation sites (tertiary alicyclic amines) is 1. The fourth-order valence-corrected chi connectivity index (χ4v) is 3.94. The molecule has 0 saturated carbocycles. The second-order valence-electron chi connectivity index (χ2n) is 7.45. The number of benzene rings is 2. The summed E-state index contributed by atoms with van der Waals surface area (Å²) in [5.41, 5.74) is 2.45. The highest BCUT2D eigenvalue weighted by atomic mass is 35.5. The van der Waals surface area contributed by atoms with Gasteiger partial charge >= 0.3 is 0 Å². The summed E-state index contributed by atoms with van der Waals surface area (Å²) in [5, 5.41) is 4.29. The second-order valence-corrected chi connectivity index (χ2v) is 7.88. The largest absolute Gasteiger partial charge is 0.493 e. The van der Waals surface area contributed by atoms with Crippen LogP contribution in [0, 0.1) is 5.92 Å². The zero-order valence-electron chi connectivity index (χ0n) is 16.9. The third kappa shape index (κ3) is 6.05. The summed E-state index contributed by atoms with van der Waals surface area (Å²) in [4.78, 5) is 2.58. The smallest absolute Gasteiger partial charge is 0.160 e. The van der Waals surface area contributed by atoms with Crippen molar-refractivity contribution < 1.29 is 9.47 Å². The zero-order valence-corrected chi connectivity index (χ0v) is 17.7. The summed E-state index contributed by atoms with van der Waals surface area (Å²) in [7, 11) is 3.36. The first kappa shape index (κ1) is 20.8. The van der Waals surface area contributed by atoms with Crippen LogP contribution in [0.4, 0.5) is 5.69 Å². The molecular weight excluding hydrogens is 372 g/mol. The average Bonchev–Trinajstić information content (AvgIpc) is 2.74. The van der Waals surface area contributed by atoms with Crippen molar-refractivity contribution in [2.45, 2.75) is 25.7 Å². The van der Waals surface area contributed by atoms with E-state index in [1.807, 2.05) is 30.3 Å². The highest BCUT2D eigenvalue weighted by Gasteiger charge is 2.18. The molecule has 5 heteroatoms. The van der Waals surface area contributed by atoms with Crippen molar-refractivity contribution >= 4 is 17.3 Å². The normalized spacial score (nSPS) is 15.4. The van der Waals surface area contributed by atoms with Gasteiger partial charge in [0.1, 0.15) is 0 Å². The van der Waals surface area contributed by atoms with Gasteiger partial charge in [0, 0.05) is 23.8 Å². The van der Waals surface area contributed by atoms with Crippen LogP contribution in [0.15, 0.2) is 42.5 Å². The van der Waals surface area contributed by atoms with Crippen LogP contribution in [0.5, 0.6) is 11.5 Å². The summed E-state index contributed by atoms with van der Waals surface area (Å²) in [5.74, 6) is 2.42. The molecule has 152 valence electrons. The molecule has 1 saturated heterocycles. The maximum atomic E-state index is 5.93. The molecule has 1 N–H and O–H groups in total. The second kappa shape index (κ2) is 10.6. The molecule has 0 atom stereocenters. The monoisotopic (exact) mass is 402 g/mol. The van der Waals surface area contributed by atoms with Gasteiger partial charge in [0.05, 0.1) is 14.2 Å². The number of nitrogens with one attached hydrogen (secondary N) is 1. The van der Waals surface area contributed by atoms with Gasteiger partial charge in [-0.25, -0.2) is 0 Å². The quantitative estimate of drug-likeness (QED) is 0.631. The lowest BCUT2D eigenvalue weighted by Crippen LogP contribution is -2.35. The molecule has 0 radical (unpaired) electrons. The standard InChI is InChI=1S/C23H31ClN2O2/c1-27-22-8-3-19(17-23(22)28-2)12-16-26-14-10-18(11-15-26)9-13-25-21-6-4-20(24)5-7-21/h3-8,17-18,25H,9-16H2,1-2H3. The zero-order chi connectivity index (χ0) is 19.8. The van der Waals surface area contributed by atoms with Crippen LogP contribution in [0.25, 0.3) is 0 Å². The van der Waals surface area contributed by atoms with E-state index >= 15 is 0 Å². The van der Waals surface area contributed by atoms with E-state index in [1.165, 1.54) is 37.9 Å². The Hall–Kier alpha value is -1.91. The predicted octanol–water partition coefficient (Wildman–Crippen LogP) is 5.11. The lowest BCUT2D eigenvalue weighted by Gasteiger charge is -2.32. The molecule has 0 spiro atoms. The molecule has 3 rings (SSSR count). The summed E-state index contributed by atoms with van der Waals surface area (Å²) in [6.45, 7) is 4.51. The van der Waals surface area contributed by atoms with Crippen molar-refractivity contribution in [3.63, 3.8) is 0 Å². The minimum absolute atomic E-state index is 0.783. The van der Waals surface area contributed by atoms with E-state index in [2.05, 4.69) is 22.3 Å². The summed E-state index contributed by atoms with van der Waals surface area (Å²) < 4.78 is 10.7. The van der Waals surface area contributed by atoms with Gasteiger partial charge in [-0.3, -0.25) is 0 Å². The molecule has 1 aliphatic heterocycles. The van der Waals surface area contributed by atoms with Gasteiger partial charge in [0.25, 0.3) is 0 Å². The molecule has 2 aromatic rings. The van der Waals surface area contributed by atoms with Crippen molar-refractivity contribution in [2.24, 2.45) is 5.92 Å². The highest BCUT2D eigenvalue weighted by molar-refractivity contribution is 6.30. The molecule has 0 unspecified atom stereocenters. The molecular formula is C23H31ClN2O2. The number of anilines is 1. The summed E-state index contributed by atoms with van der Waals surface area (Å²) >= 11 is 5.93. The van der Waals surface area contributed by atoms with Crippen LogP contribution < -0.4 is 14.8 Å². The Kier molecular flexibility index (Phi) is 7.87. The first-order chi connectivity index (χ1) is 13.7. The lowest BCUT2D eigenvalue weighted by atomic mass is 9.93. The number of hydrogen-bond donors (Lipinski definition) is 1. The maximum absolute atomic E-state index is 5.93. The van der Waals surface area contributed by atoms with Crippen LogP contribution in [-0.2, 0) is 6.42 Å².